The highest BCUT2D eigenvalue weighted by Crippen LogP contribution is 2.37. The lowest BCUT2D eigenvalue weighted by atomic mass is 9.71. The number of piperidine rings is 1. The summed E-state index contributed by atoms with van der Waals surface area (Å²) in [6.07, 6.45) is 5.68. The van der Waals surface area contributed by atoms with E-state index in [9.17, 15) is 4.79 Å². The van der Waals surface area contributed by atoms with Crippen LogP contribution in [0.25, 0.3) is 0 Å². The minimum absolute atomic E-state index is 0.174. The van der Waals surface area contributed by atoms with E-state index in [-0.39, 0.29) is 11.5 Å². The molecule has 0 atom stereocenters. The summed E-state index contributed by atoms with van der Waals surface area (Å²) in [5.74, 6) is 0.294. The summed E-state index contributed by atoms with van der Waals surface area (Å²) in [7, 11) is 0. The Kier molecular flexibility index (Phi) is 4.40. The molecule has 1 aliphatic heterocycles. The van der Waals surface area contributed by atoms with Gasteiger partial charge in [-0.1, -0.05) is 13.3 Å². The number of rotatable bonds is 5. The van der Waals surface area contributed by atoms with E-state index in [4.69, 9.17) is 0 Å². The quantitative estimate of drug-likeness (QED) is 0.831. The van der Waals surface area contributed by atoms with Gasteiger partial charge in [-0.2, -0.15) is 5.10 Å². The van der Waals surface area contributed by atoms with Gasteiger partial charge in [-0.3, -0.25) is 9.48 Å². The van der Waals surface area contributed by atoms with Gasteiger partial charge < -0.3 is 5.32 Å². The molecule has 2 heterocycles. The lowest BCUT2D eigenvalue weighted by molar-refractivity contribution is 0.0690. The van der Waals surface area contributed by atoms with Gasteiger partial charge in [-0.25, -0.2) is 0 Å². The van der Waals surface area contributed by atoms with Crippen LogP contribution in [0.15, 0.2) is 12.3 Å². The van der Waals surface area contributed by atoms with E-state index < -0.39 is 0 Å². The molecule has 1 fully saturated rings. The second kappa shape index (κ2) is 5.87. The molecule has 2 rings (SSSR count). The molecule has 1 aromatic rings. The van der Waals surface area contributed by atoms with E-state index in [2.05, 4.69) is 31.2 Å². The van der Waals surface area contributed by atoms with Gasteiger partial charge in [0.15, 0.2) is 5.78 Å². The molecule has 0 aliphatic carbocycles. The van der Waals surface area contributed by atoms with Crippen LogP contribution in [0.5, 0.6) is 0 Å². The number of aromatic nitrogens is 2. The van der Waals surface area contributed by atoms with Crippen LogP contribution in [0.3, 0.4) is 0 Å². The topological polar surface area (TPSA) is 46.9 Å². The number of hydrogen-bond donors (Lipinski definition) is 1. The van der Waals surface area contributed by atoms with Gasteiger partial charge in [0.2, 0.25) is 0 Å². The summed E-state index contributed by atoms with van der Waals surface area (Å²) in [4.78, 5) is 13.0. The van der Waals surface area contributed by atoms with E-state index in [1.165, 1.54) is 0 Å². The maximum Gasteiger partial charge on any atom is 0.187 e. The molecule has 0 bridgehead atoms. The maximum absolute atomic E-state index is 13.0. The Hall–Kier alpha value is -1.16. The van der Waals surface area contributed by atoms with Gasteiger partial charge in [-0.05, 0) is 52.3 Å². The molecule has 106 valence electrons. The van der Waals surface area contributed by atoms with Crippen molar-refractivity contribution < 1.29 is 4.79 Å². The number of nitrogens with one attached hydrogen (secondary N) is 1. The molecule has 1 aliphatic rings. The number of carbonyl (C=O) groups excluding carboxylic acids is 1. The average molecular weight is 263 g/mol. The summed E-state index contributed by atoms with van der Waals surface area (Å²) >= 11 is 0. The minimum Gasteiger partial charge on any atom is -0.317 e. The van der Waals surface area contributed by atoms with Crippen molar-refractivity contribution in [1.29, 1.82) is 0 Å². The SMILES string of the molecule is CCCC1(C(=O)c2ccnn2C(C)C)CCNCC1. The molecular weight excluding hydrogens is 238 g/mol. The Labute approximate surface area is 115 Å². The first-order valence-corrected chi connectivity index (χ1v) is 7.40. The average Bonchev–Trinajstić information content (AvgIpc) is 2.88. The standard InChI is InChI=1S/C15H25N3O/c1-4-6-15(7-10-16-11-8-15)14(19)13-5-9-17-18(13)12(2)3/h5,9,12,16H,4,6-8,10-11H2,1-3H3. The highest BCUT2D eigenvalue weighted by molar-refractivity contribution is 5.99. The number of carbonyl (C=O) groups is 1. The van der Waals surface area contributed by atoms with Crippen molar-refractivity contribution in [2.24, 2.45) is 5.41 Å². The molecule has 1 aromatic heterocycles. The van der Waals surface area contributed by atoms with Gasteiger partial charge in [0.25, 0.3) is 0 Å². The van der Waals surface area contributed by atoms with Crippen LogP contribution < -0.4 is 5.32 Å². The van der Waals surface area contributed by atoms with Crippen molar-refractivity contribution in [2.75, 3.05) is 13.1 Å². The summed E-state index contributed by atoms with van der Waals surface area (Å²) < 4.78 is 1.86. The fourth-order valence-corrected chi connectivity index (χ4v) is 3.15. The highest BCUT2D eigenvalue weighted by atomic mass is 16.1. The fraction of sp³-hybridized carbons (Fsp3) is 0.733. The van der Waals surface area contributed by atoms with Crippen LogP contribution in [-0.2, 0) is 0 Å². The van der Waals surface area contributed by atoms with Gasteiger partial charge in [-0.15, -0.1) is 0 Å². The molecule has 0 spiro atoms. The van der Waals surface area contributed by atoms with E-state index in [0.29, 0.717) is 5.78 Å². The Morgan fingerprint density at radius 3 is 2.74 bits per heavy atom. The van der Waals surface area contributed by atoms with Crippen molar-refractivity contribution in [3.05, 3.63) is 18.0 Å². The minimum atomic E-state index is -0.174. The van der Waals surface area contributed by atoms with E-state index in [1.807, 2.05) is 10.7 Å². The first-order chi connectivity index (χ1) is 9.10. The summed E-state index contributed by atoms with van der Waals surface area (Å²) in [5.41, 5.74) is 0.609. The molecule has 0 unspecified atom stereocenters. The molecule has 4 heteroatoms. The van der Waals surface area contributed by atoms with Gasteiger partial charge in [0.1, 0.15) is 5.69 Å². The van der Waals surface area contributed by atoms with Crippen molar-refractivity contribution in [3.8, 4) is 0 Å². The monoisotopic (exact) mass is 263 g/mol. The zero-order chi connectivity index (χ0) is 13.9. The smallest absolute Gasteiger partial charge is 0.187 e. The Balaban J connectivity index is 2.31. The van der Waals surface area contributed by atoms with E-state index in [1.54, 1.807) is 6.20 Å². The predicted molar refractivity (Wildman–Crippen MR) is 76.4 cm³/mol. The maximum atomic E-state index is 13.0. The molecule has 0 aromatic carbocycles. The Bertz CT molecular complexity index is 425. The predicted octanol–water partition coefficient (Wildman–Crippen LogP) is 2.82. The van der Waals surface area contributed by atoms with Crippen molar-refractivity contribution in [2.45, 2.75) is 52.5 Å². The first kappa shape index (κ1) is 14.3. The highest BCUT2D eigenvalue weighted by Gasteiger charge is 2.40. The molecule has 1 N–H and O–H groups in total. The summed E-state index contributed by atoms with van der Waals surface area (Å²) in [6.45, 7) is 8.19. The van der Waals surface area contributed by atoms with Crippen LogP contribution in [0, 0.1) is 5.41 Å². The second-order valence-corrected chi connectivity index (χ2v) is 5.86. The third kappa shape index (κ3) is 2.73. The van der Waals surface area contributed by atoms with Crippen LogP contribution in [-0.4, -0.2) is 28.7 Å². The molecular formula is C15H25N3O. The molecule has 19 heavy (non-hydrogen) atoms. The number of ketones is 1. The van der Waals surface area contributed by atoms with Crippen molar-refractivity contribution >= 4 is 5.78 Å². The van der Waals surface area contributed by atoms with Crippen molar-refractivity contribution in [3.63, 3.8) is 0 Å². The normalized spacial score (nSPS) is 18.7. The van der Waals surface area contributed by atoms with Gasteiger partial charge in [0, 0.05) is 17.7 Å². The third-order valence-corrected chi connectivity index (χ3v) is 4.16. The third-order valence-electron chi connectivity index (χ3n) is 4.16. The largest absolute Gasteiger partial charge is 0.317 e. The second-order valence-electron chi connectivity index (χ2n) is 5.86. The number of nitrogens with zero attached hydrogens (tertiary/aromatic N) is 2. The first-order valence-electron chi connectivity index (χ1n) is 7.40. The Morgan fingerprint density at radius 2 is 2.16 bits per heavy atom. The van der Waals surface area contributed by atoms with E-state index in [0.717, 1.165) is 44.5 Å². The molecule has 0 amide bonds. The zero-order valence-electron chi connectivity index (χ0n) is 12.3. The lowest BCUT2D eigenvalue weighted by Gasteiger charge is -2.36. The van der Waals surface area contributed by atoms with Gasteiger partial charge >= 0.3 is 0 Å². The summed E-state index contributed by atoms with van der Waals surface area (Å²) in [6, 6.07) is 2.11. The Morgan fingerprint density at radius 1 is 1.47 bits per heavy atom. The zero-order valence-corrected chi connectivity index (χ0v) is 12.3. The molecule has 4 nitrogen and oxygen atoms in total. The van der Waals surface area contributed by atoms with Gasteiger partial charge in [0.05, 0.1) is 0 Å². The van der Waals surface area contributed by atoms with Crippen LogP contribution in [0.2, 0.25) is 0 Å². The van der Waals surface area contributed by atoms with Crippen LogP contribution >= 0.6 is 0 Å². The number of hydrogen-bond acceptors (Lipinski definition) is 3. The molecule has 0 radical (unpaired) electrons. The number of Topliss-reactive ketones (excluding diaryl/α,β-unsaturated/α-hetero) is 1. The summed E-state index contributed by atoms with van der Waals surface area (Å²) in [5, 5.41) is 7.66. The van der Waals surface area contributed by atoms with Crippen LogP contribution in [0.4, 0.5) is 0 Å². The fourth-order valence-electron chi connectivity index (χ4n) is 3.15. The molecule has 0 saturated carbocycles. The van der Waals surface area contributed by atoms with Crippen LogP contribution in [0.1, 0.15) is 63.0 Å². The molecule has 1 saturated heterocycles. The van der Waals surface area contributed by atoms with Crippen molar-refractivity contribution in [1.82, 2.24) is 15.1 Å². The lowest BCUT2D eigenvalue weighted by Crippen LogP contribution is -2.43. The van der Waals surface area contributed by atoms with E-state index >= 15 is 0 Å².